The Balaban J connectivity index is 2.34. The quantitative estimate of drug-likeness (QED) is 0.856. The molecule has 18 heavy (non-hydrogen) atoms. The van der Waals surface area contributed by atoms with Crippen LogP contribution in [0.5, 0.6) is 0 Å². The van der Waals surface area contributed by atoms with Crippen molar-refractivity contribution >= 4 is 38.9 Å². The normalized spacial score (nSPS) is 9.89. The van der Waals surface area contributed by atoms with Gasteiger partial charge in [0.15, 0.2) is 0 Å². The van der Waals surface area contributed by atoms with Crippen LogP contribution < -0.4 is 5.32 Å². The standard InChI is InChI=1S/C13H7BrClFN2/c14-11-6-10(2-3-12(11)16)18-13-4-1-9(15)5-8(13)7-17/h1-6,18H. The van der Waals surface area contributed by atoms with Gasteiger partial charge in [-0.25, -0.2) is 4.39 Å². The summed E-state index contributed by atoms with van der Waals surface area (Å²) in [4.78, 5) is 0. The zero-order chi connectivity index (χ0) is 13.1. The molecule has 0 spiro atoms. The van der Waals surface area contributed by atoms with Crippen LogP contribution in [0.2, 0.25) is 5.02 Å². The Morgan fingerprint density at radius 1 is 1.22 bits per heavy atom. The first kappa shape index (κ1) is 12.9. The molecule has 0 amide bonds. The fraction of sp³-hybridized carbons (Fsp3) is 0. The fourth-order valence-corrected chi connectivity index (χ4v) is 2.00. The van der Waals surface area contributed by atoms with Gasteiger partial charge in [0.05, 0.1) is 15.7 Å². The third-order valence-corrected chi connectivity index (χ3v) is 3.14. The Bertz CT molecular complexity index is 637. The molecular formula is C13H7BrClFN2. The first-order chi connectivity index (χ1) is 8.60. The minimum atomic E-state index is -0.336. The van der Waals surface area contributed by atoms with Gasteiger partial charge in [0.1, 0.15) is 11.9 Å². The van der Waals surface area contributed by atoms with E-state index in [1.807, 2.05) is 6.07 Å². The smallest absolute Gasteiger partial charge is 0.137 e. The van der Waals surface area contributed by atoms with Crippen molar-refractivity contribution in [3.63, 3.8) is 0 Å². The molecule has 0 heterocycles. The second-order valence-electron chi connectivity index (χ2n) is 3.56. The summed E-state index contributed by atoms with van der Waals surface area (Å²) in [6, 6.07) is 11.5. The molecule has 2 nitrogen and oxygen atoms in total. The summed E-state index contributed by atoms with van der Waals surface area (Å²) in [6.45, 7) is 0. The van der Waals surface area contributed by atoms with Crippen LogP contribution in [-0.4, -0.2) is 0 Å². The van der Waals surface area contributed by atoms with E-state index in [0.29, 0.717) is 26.4 Å². The van der Waals surface area contributed by atoms with Gasteiger partial charge in [-0.2, -0.15) is 5.26 Å². The van der Waals surface area contributed by atoms with Gasteiger partial charge < -0.3 is 5.32 Å². The Kier molecular flexibility index (Phi) is 3.85. The SMILES string of the molecule is N#Cc1cc(Cl)ccc1Nc1ccc(F)c(Br)c1. The summed E-state index contributed by atoms with van der Waals surface area (Å²) >= 11 is 8.91. The molecule has 0 bridgehead atoms. The van der Waals surface area contributed by atoms with Crippen molar-refractivity contribution in [3.05, 3.63) is 57.3 Å². The van der Waals surface area contributed by atoms with Gasteiger partial charge in [-0.15, -0.1) is 0 Å². The minimum Gasteiger partial charge on any atom is -0.354 e. The molecule has 90 valence electrons. The van der Waals surface area contributed by atoms with E-state index in [9.17, 15) is 4.39 Å². The van der Waals surface area contributed by atoms with Gasteiger partial charge in [-0.05, 0) is 52.3 Å². The highest BCUT2D eigenvalue weighted by Crippen LogP contribution is 2.26. The van der Waals surface area contributed by atoms with Gasteiger partial charge in [0, 0.05) is 10.7 Å². The number of nitrogens with one attached hydrogen (secondary N) is 1. The average Bonchev–Trinajstić information content (AvgIpc) is 2.36. The molecule has 2 rings (SSSR count). The zero-order valence-corrected chi connectivity index (χ0v) is 11.4. The van der Waals surface area contributed by atoms with Crippen LogP contribution in [0, 0.1) is 17.1 Å². The molecule has 0 fully saturated rings. The number of halogens is 3. The van der Waals surface area contributed by atoms with Gasteiger partial charge in [0.25, 0.3) is 0 Å². The Morgan fingerprint density at radius 2 is 2.00 bits per heavy atom. The summed E-state index contributed by atoms with van der Waals surface area (Å²) in [5, 5.41) is 12.5. The van der Waals surface area contributed by atoms with E-state index in [4.69, 9.17) is 16.9 Å². The average molecular weight is 326 g/mol. The summed E-state index contributed by atoms with van der Waals surface area (Å²) in [5.74, 6) is -0.336. The lowest BCUT2D eigenvalue weighted by atomic mass is 10.2. The van der Waals surface area contributed by atoms with Crippen molar-refractivity contribution in [3.8, 4) is 6.07 Å². The summed E-state index contributed by atoms with van der Waals surface area (Å²) in [7, 11) is 0. The van der Waals surface area contributed by atoms with Gasteiger partial charge >= 0.3 is 0 Å². The molecule has 5 heteroatoms. The number of benzene rings is 2. The molecule has 0 aromatic heterocycles. The monoisotopic (exact) mass is 324 g/mol. The molecule has 1 N–H and O–H groups in total. The van der Waals surface area contributed by atoms with E-state index in [1.165, 1.54) is 6.07 Å². The Hall–Kier alpha value is -1.57. The third-order valence-electron chi connectivity index (χ3n) is 2.30. The van der Waals surface area contributed by atoms with Crippen molar-refractivity contribution in [2.45, 2.75) is 0 Å². The molecule has 0 radical (unpaired) electrons. The Morgan fingerprint density at radius 3 is 2.67 bits per heavy atom. The van der Waals surface area contributed by atoms with Crippen LogP contribution in [-0.2, 0) is 0 Å². The van der Waals surface area contributed by atoms with E-state index < -0.39 is 0 Å². The molecular weight excluding hydrogens is 319 g/mol. The highest BCUT2D eigenvalue weighted by Gasteiger charge is 2.05. The molecule has 0 atom stereocenters. The van der Waals surface area contributed by atoms with Crippen LogP contribution in [0.3, 0.4) is 0 Å². The van der Waals surface area contributed by atoms with E-state index in [2.05, 4.69) is 21.2 Å². The number of rotatable bonds is 2. The fourth-order valence-electron chi connectivity index (χ4n) is 1.45. The molecule has 2 aromatic carbocycles. The van der Waals surface area contributed by atoms with Gasteiger partial charge in [0.2, 0.25) is 0 Å². The van der Waals surface area contributed by atoms with Crippen LogP contribution in [0.25, 0.3) is 0 Å². The van der Waals surface area contributed by atoms with Crippen LogP contribution in [0.4, 0.5) is 15.8 Å². The Labute approximate surface area is 117 Å². The second kappa shape index (κ2) is 5.38. The van der Waals surface area contributed by atoms with Crippen molar-refractivity contribution in [1.29, 1.82) is 5.26 Å². The number of nitrogens with zero attached hydrogens (tertiary/aromatic N) is 1. The van der Waals surface area contributed by atoms with Gasteiger partial charge in [-0.1, -0.05) is 11.6 Å². The topological polar surface area (TPSA) is 35.8 Å². The lowest BCUT2D eigenvalue weighted by molar-refractivity contribution is 0.621. The molecule has 2 aromatic rings. The summed E-state index contributed by atoms with van der Waals surface area (Å²) in [6.07, 6.45) is 0. The summed E-state index contributed by atoms with van der Waals surface area (Å²) < 4.78 is 13.5. The number of hydrogen-bond acceptors (Lipinski definition) is 2. The number of hydrogen-bond donors (Lipinski definition) is 1. The third kappa shape index (κ3) is 2.81. The predicted molar refractivity (Wildman–Crippen MR) is 73.5 cm³/mol. The van der Waals surface area contributed by atoms with Crippen LogP contribution in [0.1, 0.15) is 5.56 Å². The largest absolute Gasteiger partial charge is 0.354 e. The second-order valence-corrected chi connectivity index (χ2v) is 4.85. The highest BCUT2D eigenvalue weighted by atomic mass is 79.9. The molecule has 0 unspecified atom stereocenters. The lowest BCUT2D eigenvalue weighted by Gasteiger charge is -2.09. The van der Waals surface area contributed by atoms with E-state index in [-0.39, 0.29) is 5.82 Å². The lowest BCUT2D eigenvalue weighted by Crippen LogP contribution is -1.94. The molecule has 0 saturated heterocycles. The summed E-state index contributed by atoms with van der Waals surface area (Å²) in [5.41, 5.74) is 1.74. The number of nitriles is 1. The molecule has 0 aliphatic carbocycles. The van der Waals surface area contributed by atoms with E-state index >= 15 is 0 Å². The van der Waals surface area contributed by atoms with E-state index in [0.717, 1.165) is 0 Å². The zero-order valence-electron chi connectivity index (χ0n) is 9.05. The maximum Gasteiger partial charge on any atom is 0.137 e. The highest BCUT2D eigenvalue weighted by molar-refractivity contribution is 9.10. The molecule has 0 aliphatic heterocycles. The first-order valence-corrected chi connectivity index (χ1v) is 6.19. The van der Waals surface area contributed by atoms with Crippen LogP contribution in [0.15, 0.2) is 40.9 Å². The van der Waals surface area contributed by atoms with Crippen molar-refractivity contribution in [1.82, 2.24) is 0 Å². The van der Waals surface area contributed by atoms with Crippen molar-refractivity contribution < 1.29 is 4.39 Å². The van der Waals surface area contributed by atoms with Crippen molar-refractivity contribution in [2.75, 3.05) is 5.32 Å². The van der Waals surface area contributed by atoms with Gasteiger partial charge in [-0.3, -0.25) is 0 Å². The maximum absolute atomic E-state index is 13.1. The van der Waals surface area contributed by atoms with Crippen LogP contribution >= 0.6 is 27.5 Å². The predicted octanol–water partition coefficient (Wildman–Crippen LogP) is 4.86. The maximum atomic E-state index is 13.1. The number of anilines is 2. The molecule has 0 saturated carbocycles. The van der Waals surface area contributed by atoms with E-state index in [1.54, 1.807) is 30.3 Å². The molecule has 0 aliphatic rings. The minimum absolute atomic E-state index is 0.336. The van der Waals surface area contributed by atoms with Crippen molar-refractivity contribution in [2.24, 2.45) is 0 Å². The first-order valence-electron chi connectivity index (χ1n) is 5.02.